The summed E-state index contributed by atoms with van der Waals surface area (Å²) in [5.74, 6) is 1.26. The predicted molar refractivity (Wildman–Crippen MR) is 83.7 cm³/mol. The van der Waals surface area contributed by atoms with Gasteiger partial charge in [0.05, 0.1) is 32.5 Å². The molecule has 1 heterocycles. The first-order valence-electron chi connectivity index (χ1n) is 6.80. The van der Waals surface area contributed by atoms with Crippen LogP contribution in [0.4, 0.5) is 5.69 Å². The van der Waals surface area contributed by atoms with Crippen molar-refractivity contribution >= 4 is 11.6 Å². The topological polar surface area (TPSA) is 86.5 Å². The molecule has 0 radical (unpaired) electrons. The van der Waals surface area contributed by atoms with Crippen molar-refractivity contribution in [3.8, 4) is 11.5 Å². The van der Waals surface area contributed by atoms with Crippen LogP contribution in [0.2, 0.25) is 0 Å². The van der Waals surface area contributed by atoms with Gasteiger partial charge in [0.25, 0.3) is 0 Å². The maximum Gasteiger partial charge on any atom is 0.226 e. The lowest BCUT2D eigenvalue weighted by Crippen LogP contribution is -2.25. The highest BCUT2D eigenvalue weighted by Crippen LogP contribution is 2.24. The molecule has 0 spiro atoms. The van der Waals surface area contributed by atoms with Crippen molar-refractivity contribution in [3.63, 3.8) is 0 Å². The third-order valence-corrected chi connectivity index (χ3v) is 3.16. The predicted octanol–water partition coefficient (Wildman–Crippen LogP) is 1.54. The Labute approximate surface area is 129 Å². The number of nitrogens with one attached hydrogen (secondary N) is 1. The maximum absolute atomic E-state index is 11.9. The largest absolute Gasteiger partial charge is 0.497 e. The van der Waals surface area contributed by atoms with E-state index in [1.165, 1.54) is 6.20 Å². The fourth-order valence-corrected chi connectivity index (χ4v) is 1.96. The van der Waals surface area contributed by atoms with Gasteiger partial charge in [0, 0.05) is 23.9 Å². The fourth-order valence-electron chi connectivity index (χ4n) is 1.96. The van der Waals surface area contributed by atoms with Crippen LogP contribution >= 0.6 is 0 Å². The van der Waals surface area contributed by atoms with Gasteiger partial charge in [0.15, 0.2) is 0 Å². The molecule has 22 heavy (non-hydrogen) atoms. The number of nitrogen functional groups attached to an aromatic ring is 1. The number of nitrogens with zero attached hydrogens (tertiary/aromatic N) is 1. The first kappa shape index (κ1) is 15.6. The number of benzene rings is 1. The Bertz CT molecular complexity index is 642. The Morgan fingerprint density at radius 2 is 2.05 bits per heavy atom. The van der Waals surface area contributed by atoms with Gasteiger partial charge in [-0.1, -0.05) is 0 Å². The second-order valence-electron chi connectivity index (χ2n) is 4.71. The van der Waals surface area contributed by atoms with Gasteiger partial charge in [-0.3, -0.25) is 9.78 Å². The molecule has 1 amide bonds. The van der Waals surface area contributed by atoms with E-state index in [2.05, 4.69) is 10.3 Å². The van der Waals surface area contributed by atoms with Gasteiger partial charge in [-0.2, -0.15) is 0 Å². The Balaban J connectivity index is 1.94. The minimum atomic E-state index is -0.116. The van der Waals surface area contributed by atoms with Crippen molar-refractivity contribution in [3.05, 3.63) is 47.8 Å². The van der Waals surface area contributed by atoms with Crippen LogP contribution < -0.4 is 20.5 Å². The zero-order valence-electron chi connectivity index (χ0n) is 12.6. The molecular formula is C16H19N3O3. The van der Waals surface area contributed by atoms with Crippen LogP contribution in [0, 0.1) is 0 Å². The first-order valence-corrected chi connectivity index (χ1v) is 6.80. The molecule has 0 bridgehead atoms. The zero-order valence-corrected chi connectivity index (χ0v) is 12.6. The summed E-state index contributed by atoms with van der Waals surface area (Å²) in [7, 11) is 3.17. The maximum atomic E-state index is 11.9. The molecule has 0 saturated heterocycles. The Morgan fingerprint density at radius 1 is 1.23 bits per heavy atom. The smallest absolute Gasteiger partial charge is 0.226 e. The second kappa shape index (κ2) is 7.31. The van der Waals surface area contributed by atoms with Gasteiger partial charge >= 0.3 is 0 Å². The first-order chi connectivity index (χ1) is 10.6. The normalized spacial score (nSPS) is 10.1. The Kier molecular flexibility index (Phi) is 5.19. The monoisotopic (exact) mass is 301 g/mol. The molecule has 2 rings (SSSR count). The van der Waals surface area contributed by atoms with E-state index in [-0.39, 0.29) is 12.3 Å². The number of ether oxygens (including phenoxy) is 2. The fraction of sp³-hybridized carbons (Fsp3) is 0.250. The number of methoxy groups -OCH3 is 2. The zero-order chi connectivity index (χ0) is 15.9. The van der Waals surface area contributed by atoms with Crippen molar-refractivity contribution in [2.75, 3.05) is 20.0 Å². The average molecular weight is 301 g/mol. The average Bonchev–Trinajstić information content (AvgIpc) is 2.55. The van der Waals surface area contributed by atoms with E-state index < -0.39 is 0 Å². The van der Waals surface area contributed by atoms with Crippen molar-refractivity contribution in [2.45, 2.75) is 13.0 Å². The third kappa shape index (κ3) is 4.12. The number of hydrogen-bond acceptors (Lipinski definition) is 5. The Hall–Kier alpha value is -2.76. The molecule has 2 aromatic rings. The van der Waals surface area contributed by atoms with Gasteiger partial charge in [-0.25, -0.2) is 0 Å². The van der Waals surface area contributed by atoms with Crippen LogP contribution in [0.5, 0.6) is 11.5 Å². The molecule has 0 aliphatic heterocycles. The summed E-state index contributed by atoms with van der Waals surface area (Å²) in [4.78, 5) is 16.0. The number of carbonyl (C=O) groups is 1. The van der Waals surface area contributed by atoms with Gasteiger partial charge in [0.2, 0.25) is 5.91 Å². The molecule has 0 fully saturated rings. The number of aromatic nitrogens is 1. The molecule has 0 aliphatic rings. The number of nitrogens with two attached hydrogens (primary N) is 1. The van der Waals surface area contributed by atoms with Gasteiger partial charge in [0.1, 0.15) is 11.5 Å². The Morgan fingerprint density at radius 3 is 2.68 bits per heavy atom. The quantitative estimate of drug-likeness (QED) is 0.845. The van der Waals surface area contributed by atoms with Crippen molar-refractivity contribution in [1.29, 1.82) is 0 Å². The van der Waals surface area contributed by atoms with E-state index in [0.29, 0.717) is 29.4 Å². The number of hydrogen-bond donors (Lipinski definition) is 2. The summed E-state index contributed by atoms with van der Waals surface area (Å²) in [5, 5.41) is 2.84. The van der Waals surface area contributed by atoms with Crippen LogP contribution in [0.25, 0.3) is 0 Å². The highest BCUT2D eigenvalue weighted by atomic mass is 16.5. The molecule has 0 aliphatic carbocycles. The second-order valence-corrected chi connectivity index (χ2v) is 4.71. The minimum Gasteiger partial charge on any atom is -0.497 e. The summed E-state index contributed by atoms with van der Waals surface area (Å²) < 4.78 is 10.4. The number of rotatable bonds is 6. The number of amides is 1. The van der Waals surface area contributed by atoms with E-state index >= 15 is 0 Å². The summed E-state index contributed by atoms with van der Waals surface area (Å²) in [5.41, 5.74) is 7.69. The van der Waals surface area contributed by atoms with E-state index in [1.54, 1.807) is 32.4 Å². The van der Waals surface area contributed by atoms with Gasteiger partial charge in [-0.15, -0.1) is 0 Å². The lowest BCUT2D eigenvalue weighted by molar-refractivity contribution is -0.120. The van der Waals surface area contributed by atoms with Crippen molar-refractivity contribution in [1.82, 2.24) is 10.3 Å². The van der Waals surface area contributed by atoms with Crippen molar-refractivity contribution in [2.24, 2.45) is 0 Å². The van der Waals surface area contributed by atoms with Crippen LogP contribution in [-0.2, 0) is 17.8 Å². The van der Waals surface area contributed by atoms with E-state index in [4.69, 9.17) is 15.2 Å². The van der Waals surface area contributed by atoms with Gasteiger partial charge < -0.3 is 20.5 Å². The summed E-state index contributed by atoms with van der Waals surface area (Å²) in [6.07, 6.45) is 1.74. The lowest BCUT2D eigenvalue weighted by atomic mass is 10.2. The summed E-state index contributed by atoms with van der Waals surface area (Å²) in [6, 6.07) is 8.93. The van der Waals surface area contributed by atoms with E-state index in [9.17, 15) is 4.79 Å². The molecule has 0 unspecified atom stereocenters. The highest BCUT2D eigenvalue weighted by Gasteiger charge is 2.08. The summed E-state index contributed by atoms with van der Waals surface area (Å²) in [6.45, 7) is 0.376. The highest BCUT2D eigenvalue weighted by molar-refractivity contribution is 5.78. The number of pyridine rings is 1. The van der Waals surface area contributed by atoms with Gasteiger partial charge in [-0.05, 0) is 24.3 Å². The SMILES string of the molecule is COc1ccc(CNC(=O)Cc2ccc(N)cn2)c(OC)c1. The molecule has 0 atom stereocenters. The molecule has 116 valence electrons. The molecule has 1 aromatic heterocycles. The van der Waals surface area contributed by atoms with E-state index in [1.807, 2.05) is 12.1 Å². The van der Waals surface area contributed by atoms with E-state index in [0.717, 1.165) is 5.56 Å². The summed E-state index contributed by atoms with van der Waals surface area (Å²) >= 11 is 0. The molecule has 6 nitrogen and oxygen atoms in total. The third-order valence-electron chi connectivity index (χ3n) is 3.16. The standard InChI is InChI=1S/C16H19N3O3/c1-21-14-6-3-11(15(8-14)22-2)9-19-16(20)7-13-5-4-12(17)10-18-13/h3-6,8,10H,7,9,17H2,1-2H3,(H,19,20). The molecule has 6 heteroatoms. The minimum absolute atomic E-state index is 0.116. The molecule has 0 saturated carbocycles. The van der Waals surface area contributed by atoms with Crippen LogP contribution in [0.15, 0.2) is 36.5 Å². The lowest BCUT2D eigenvalue weighted by Gasteiger charge is -2.11. The molecular weight excluding hydrogens is 282 g/mol. The van der Waals surface area contributed by atoms with Crippen molar-refractivity contribution < 1.29 is 14.3 Å². The number of anilines is 1. The molecule has 1 aromatic carbocycles. The van der Waals surface area contributed by atoms with Crippen LogP contribution in [-0.4, -0.2) is 25.1 Å². The van der Waals surface area contributed by atoms with Crippen LogP contribution in [0.3, 0.4) is 0 Å². The van der Waals surface area contributed by atoms with Crippen LogP contribution in [0.1, 0.15) is 11.3 Å². The number of carbonyl (C=O) groups excluding carboxylic acids is 1. The molecule has 3 N–H and O–H groups in total.